The Labute approximate surface area is 154 Å². The molecule has 0 bridgehead atoms. The van der Waals surface area contributed by atoms with Crippen molar-refractivity contribution < 1.29 is 19.8 Å². The van der Waals surface area contributed by atoms with E-state index in [0.717, 1.165) is 4.78 Å². The summed E-state index contributed by atoms with van der Waals surface area (Å²) < 4.78 is 1.52. The van der Waals surface area contributed by atoms with E-state index >= 15 is 0 Å². The van der Waals surface area contributed by atoms with Gasteiger partial charge in [-0.1, -0.05) is 19.0 Å². The van der Waals surface area contributed by atoms with Gasteiger partial charge in [-0.25, -0.2) is 9.59 Å². The Morgan fingerprint density at radius 2 is 1.44 bits per heavy atom. The van der Waals surface area contributed by atoms with Crippen LogP contribution >= 0.6 is 22.7 Å². The van der Waals surface area contributed by atoms with E-state index in [9.17, 15) is 19.8 Å². The van der Waals surface area contributed by atoms with Gasteiger partial charge < -0.3 is 10.2 Å². The molecule has 1 aromatic carbocycles. The van der Waals surface area contributed by atoms with Crippen molar-refractivity contribution in [2.75, 3.05) is 0 Å². The molecule has 0 aliphatic heterocycles. The Morgan fingerprint density at radius 3 is 1.84 bits per heavy atom. The molecule has 0 aliphatic rings. The summed E-state index contributed by atoms with van der Waals surface area (Å²) in [5.41, 5.74) is 0.874. The van der Waals surface area contributed by atoms with Crippen LogP contribution in [-0.2, 0) is 0 Å². The first kappa shape index (κ1) is 17.5. The van der Waals surface area contributed by atoms with Gasteiger partial charge in [0.05, 0.1) is 11.1 Å². The maximum atomic E-state index is 11.8. The molecule has 8 heteroatoms. The summed E-state index contributed by atoms with van der Waals surface area (Å²) in [6, 6.07) is 9.89. The van der Waals surface area contributed by atoms with Gasteiger partial charge in [0.25, 0.3) is 0 Å². The van der Waals surface area contributed by atoms with Crippen LogP contribution in [0.4, 0.5) is 0 Å². The molecule has 0 atom stereocenters. The largest absolute Gasteiger partial charge is 0.478 e. The molecule has 2 heterocycles. The normalized spacial score (nSPS) is 10.6. The molecule has 2 N–H and O–H groups in total. The minimum absolute atomic E-state index is 0.0530. The van der Waals surface area contributed by atoms with E-state index in [1.807, 2.05) is 20.2 Å². The molecule has 4 nitrogen and oxygen atoms in total. The first-order valence-electron chi connectivity index (χ1n) is 7.30. The molecule has 3 rings (SSSR count). The number of aromatic carboxylic acids is 2. The van der Waals surface area contributed by atoms with Crippen LogP contribution in [0.2, 0.25) is 6.82 Å². The van der Waals surface area contributed by atoms with Crippen molar-refractivity contribution in [3.05, 3.63) is 47.5 Å². The molecule has 0 fully saturated rings. The highest BCUT2D eigenvalue weighted by molar-refractivity contribution is 7.24. The van der Waals surface area contributed by atoms with Gasteiger partial charge in [0.1, 0.15) is 7.85 Å². The number of carboxylic acid groups (broad SMARTS) is 2. The molecule has 0 saturated carbocycles. The minimum Gasteiger partial charge on any atom is -0.478 e. The summed E-state index contributed by atoms with van der Waals surface area (Å²) in [5.74, 6) is -2.22. The Hall–Kier alpha value is -2.31. The number of carbonyl (C=O) groups is 2. The maximum absolute atomic E-state index is 11.8. The Morgan fingerprint density at radius 1 is 0.920 bits per heavy atom. The van der Waals surface area contributed by atoms with Crippen LogP contribution in [0.5, 0.6) is 0 Å². The number of rotatable bonds is 5. The molecule has 3 aromatic rings. The van der Waals surface area contributed by atoms with Gasteiger partial charge >= 0.3 is 11.9 Å². The van der Waals surface area contributed by atoms with Crippen molar-refractivity contribution in [3.63, 3.8) is 0 Å². The molecule has 2 aromatic heterocycles. The quantitative estimate of drug-likeness (QED) is 0.682. The van der Waals surface area contributed by atoms with Gasteiger partial charge in [0, 0.05) is 20.9 Å². The molecule has 25 heavy (non-hydrogen) atoms. The van der Waals surface area contributed by atoms with Crippen LogP contribution in [-0.4, -0.2) is 37.3 Å². The molecule has 0 amide bonds. The Bertz CT molecular complexity index is 975. The fraction of sp³-hybridized carbons (Fsp3) is 0.0588. The van der Waals surface area contributed by atoms with Gasteiger partial charge in [-0.2, -0.15) is 22.7 Å². The third-order valence-corrected chi connectivity index (χ3v) is 5.82. The lowest BCUT2D eigenvalue weighted by Gasteiger charge is -2.11. The molecule has 3 radical (unpaired) electrons. The second-order valence-electron chi connectivity index (χ2n) is 5.25. The van der Waals surface area contributed by atoms with E-state index in [1.54, 1.807) is 18.2 Å². The highest BCUT2D eigenvalue weighted by Gasteiger charge is 2.22. The first-order chi connectivity index (χ1) is 11.9. The summed E-state index contributed by atoms with van der Waals surface area (Å²) in [6.07, 6.45) is 0. The second kappa shape index (κ2) is 6.90. The summed E-state index contributed by atoms with van der Waals surface area (Å²) in [6.45, 7) is 1.89. The van der Waals surface area contributed by atoms with Crippen LogP contribution in [0.15, 0.2) is 36.4 Å². The second-order valence-corrected chi connectivity index (χ2v) is 7.48. The van der Waals surface area contributed by atoms with E-state index < -0.39 is 11.9 Å². The summed E-state index contributed by atoms with van der Waals surface area (Å²) in [5, 5.41) is 19.2. The lowest BCUT2D eigenvalue weighted by atomic mass is 9.81. The molecule has 121 valence electrons. The zero-order chi connectivity index (χ0) is 18.1. The van der Waals surface area contributed by atoms with Crippen LogP contribution in [0.25, 0.3) is 20.9 Å². The van der Waals surface area contributed by atoms with E-state index in [1.165, 1.54) is 34.8 Å². The van der Waals surface area contributed by atoms with Crippen molar-refractivity contribution in [1.29, 1.82) is 0 Å². The van der Waals surface area contributed by atoms with E-state index in [4.69, 9.17) is 7.85 Å². The Kier molecular flexibility index (Phi) is 4.83. The van der Waals surface area contributed by atoms with Crippen molar-refractivity contribution in [3.8, 4) is 20.9 Å². The van der Waals surface area contributed by atoms with E-state index in [0.29, 0.717) is 25.7 Å². The van der Waals surface area contributed by atoms with Gasteiger partial charge in [-0.15, -0.1) is 0 Å². The van der Waals surface area contributed by atoms with Crippen molar-refractivity contribution in [2.45, 2.75) is 6.82 Å². The van der Waals surface area contributed by atoms with Gasteiger partial charge in [0.2, 0.25) is 0 Å². The zero-order valence-electron chi connectivity index (χ0n) is 13.1. The molecule has 0 unspecified atom stereocenters. The number of benzene rings is 1. The lowest BCUT2D eigenvalue weighted by molar-refractivity contribution is 0.0682. The monoisotopic (exact) mass is 365 g/mol. The van der Waals surface area contributed by atoms with Gasteiger partial charge in [-0.3, -0.25) is 0 Å². The third-order valence-electron chi connectivity index (χ3n) is 3.69. The first-order valence-corrected chi connectivity index (χ1v) is 8.94. The molecule has 0 spiro atoms. The van der Waals surface area contributed by atoms with Crippen LogP contribution in [0, 0.1) is 0 Å². The van der Waals surface area contributed by atoms with E-state index in [-0.39, 0.29) is 11.1 Å². The van der Waals surface area contributed by atoms with Crippen LogP contribution in [0.1, 0.15) is 20.7 Å². The topological polar surface area (TPSA) is 74.6 Å². The molecular formula is C17H11B2O4S2. The highest BCUT2D eigenvalue weighted by Crippen LogP contribution is 2.35. The average molecular weight is 365 g/mol. The minimum atomic E-state index is -1.11. The van der Waals surface area contributed by atoms with E-state index in [2.05, 4.69) is 0 Å². The summed E-state index contributed by atoms with van der Waals surface area (Å²) in [4.78, 5) is 24.9. The highest BCUT2D eigenvalue weighted by atomic mass is 32.1. The predicted octanol–water partition coefficient (Wildman–Crippen LogP) is 2.71. The van der Waals surface area contributed by atoms with Crippen molar-refractivity contribution in [1.82, 2.24) is 0 Å². The predicted molar refractivity (Wildman–Crippen MR) is 104 cm³/mol. The average Bonchev–Trinajstić information content (AvgIpc) is 3.22. The maximum Gasteiger partial charge on any atom is 0.336 e. The Balaban J connectivity index is 2.27. The third kappa shape index (κ3) is 3.41. The van der Waals surface area contributed by atoms with Gasteiger partial charge in [-0.05, 0) is 33.8 Å². The fourth-order valence-corrected chi connectivity index (χ4v) is 4.24. The SMILES string of the molecule is [B]c1ccc(-c2cc(C(=O)O)c(-c3ccc([B]C)s3)cc2C(=O)O)s1. The summed E-state index contributed by atoms with van der Waals surface area (Å²) >= 11 is 2.64. The number of carboxylic acids is 2. The summed E-state index contributed by atoms with van der Waals surface area (Å²) in [7, 11) is 7.64. The lowest BCUT2D eigenvalue weighted by Crippen LogP contribution is -2.06. The molecular weight excluding hydrogens is 354 g/mol. The smallest absolute Gasteiger partial charge is 0.336 e. The zero-order valence-corrected chi connectivity index (χ0v) is 14.8. The molecule has 0 saturated heterocycles. The number of thiophene rings is 2. The van der Waals surface area contributed by atoms with Crippen molar-refractivity contribution in [2.24, 2.45) is 0 Å². The standard InChI is InChI=1S/C17H11B2O4S2/c1-19-15-5-3-13(25-15)9-7-10(16(20)21)8(6-11(9)17(22)23)12-2-4-14(18)24-12/h2-7H,1H3,(H,20,21)(H,22,23). The van der Waals surface area contributed by atoms with Crippen LogP contribution in [0.3, 0.4) is 0 Å². The molecule has 0 aliphatic carbocycles. The van der Waals surface area contributed by atoms with Crippen molar-refractivity contribution >= 4 is 59.3 Å². The number of hydrogen-bond donors (Lipinski definition) is 2. The fourth-order valence-electron chi connectivity index (χ4n) is 2.51. The van der Waals surface area contributed by atoms with Gasteiger partial charge in [0.15, 0.2) is 7.28 Å². The van der Waals surface area contributed by atoms with Crippen LogP contribution < -0.4 is 9.55 Å². The number of hydrogen-bond acceptors (Lipinski definition) is 4.